The zero-order chi connectivity index (χ0) is 13.3. The number of anilines is 1. The van der Waals surface area contributed by atoms with Crippen LogP contribution in [0.25, 0.3) is 0 Å². The van der Waals surface area contributed by atoms with Crippen LogP contribution < -0.4 is 10.6 Å². The van der Waals surface area contributed by atoms with E-state index in [1.807, 2.05) is 0 Å². The number of aryl methyl sites for hydroxylation is 1. The maximum atomic E-state index is 5.92. The highest BCUT2D eigenvalue weighted by atomic mass is 15.1. The standard InChI is InChI=1S/C17H26N2/c1-14-4-5-16(15(12-14)13-18)19-10-8-17(9-11-19)6-2-3-7-17/h4-5,12H,2-3,6-11,13,18H2,1H3. The summed E-state index contributed by atoms with van der Waals surface area (Å²) in [5.74, 6) is 0. The third-order valence-corrected chi connectivity index (χ3v) is 5.28. The minimum Gasteiger partial charge on any atom is -0.371 e. The van der Waals surface area contributed by atoms with Crippen LogP contribution in [-0.4, -0.2) is 13.1 Å². The van der Waals surface area contributed by atoms with Crippen LogP contribution in [-0.2, 0) is 6.54 Å². The highest BCUT2D eigenvalue weighted by Gasteiger charge is 2.37. The van der Waals surface area contributed by atoms with Crippen LogP contribution in [0.4, 0.5) is 5.69 Å². The monoisotopic (exact) mass is 258 g/mol. The minimum absolute atomic E-state index is 0.651. The van der Waals surface area contributed by atoms with Crippen molar-refractivity contribution in [2.75, 3.05) is 18.0 Å². The van der Waals surface area contributed by atoms with E-state index in [1.165, 1.54) is 68.4 Å². The predicted octanol–water partition coefficient (Wildman–Crippen LogP) is 3.61. The van der Waals surface area contributed by atoms with Gasteiger partial charge in [-0.3, -0.25) is 0 Å². The molecule has 1 saturated carbocycles. The number of nitrogens with zero attached hydrogens (tertiary/aromatic N) is 1. The summed E-state index contributed by atoms with van der Waals surface area (Å²) >= 11 is 0. The van der Waals surface area contributed by atoms with E-state index in [9.17, 15) is 0 Å². The fraction of sp³-hybridized carbons (Fsp3) is 0.647. The van der Waals surface area contributed by atoms with Gasteiger partial charge >= 0.3 is 0 Å². The van der Waals surface area contributed by atoms with Crippen LogP contribution in [0.2, 0.25) is 0 Å². The topological polar surface area (TPSA) is 29.3 Å². The molecule has 1 heterocycles. The van der Waals surface area contributed by atoms with Crippen molar-refractivity contribution in [1.29, 1.82) is 0 Å². The van der Waals surface area contributed by atoms with E-state index in [0.717, 1.165) is 0 Å². The molecule has 2 aliphatic rings. The van der Waals surface area contributed by atoms with Gasteiger partial charge in [0.2, 0.25) is 0 Å². The fourth-order valence-electron chi connectivity index (χ4n) is 4.03. The summed E-state index contributed by atoms with van der Waals surface area (Å²) in [5, 5.41) is 0. The van der Waals surface area contributed by atoms with E-state index < -0.39 is 0 Å². The summed E-state index contributed by atoms with van der Waals surface area (Å²) in [5.41, 5.74) is 10.6. The summed E-state index contributed by atoms with van der Waals surface area (Å²) in [6, 6.07) is 6.73. The smallest absolute Gasteiger partial charge is 0.0411 e. The first-order chi connectivity index (χ1) is 9.22. The molecule has 1 aliphatic carbocycles. The van der Waals surface area contributed by atoms with Gasteiger partial charge in [0.1, 0.15) is 0 Å². The van der Waals surface area contributed by atoms with Gasteiger partial charge in [-0.05, 0) is 49.7 Å². The summed E-state index contributed by atoms with van der Waals surface area (Å²) in [7, 11) is 0. The van der Waals surface area contributed by atoms with Crippen LogP contribution in [0.1, 0.15) is 49.7 Å². The normalized spacial score (nSPS) is 22.1. The molecule has 1 aliphatic heterocycles. The number of hydrogen-bond acceptors (Lipinski definition) is 2. The maximum Gasteiger partial charge on any atom is 0.0411 e. The molecule has 1 aromatic carbocycles. The largest absolute Gasteiger partial charge is 0.371 e. The van der Waals surface area contributed by atoms with Gasteiger partial charge in [0, 0.05) is 25.3 Å². The SMILES string of the molecule is Cc1ccc(N2CCC3(CCCC3)CC2)c(CN)c1. The number of nitrogens with two attached hydrogens (primary N) is 1. The van der Waals surface area contributed by atoms with Gasteiger partial charge in [-0.15, -0.1) is 0 Å². The Labute approximate surface area is 117 Å². The van der Waals surface area contributed by atoms with Crippen LogP contribution in [0.3, 0.4) is 0 Å². The fourth-order valence-corrected chi connectivity index (χ4v) is 4.03. The Balaban J connectivity index is 1.74. The van der Waals surface area contributed by atoms with E-state index in [-0.39, 0.29) is 0 Å². The number of rotatable bonds is 2. The van der Waals surface area contributed by atoms with Crippen LogP contribution in [0.15, 0.2) is 18.2 Å². The lowest BCUT2D eigenvalue weighted by molar-refractivity contribution is 0.226. The van der Waals surface area contributed by atoms with Gasteiger partial charge < -0.3 is 10.6 Å². The van der Waals surface area contributed by atoms with Crippen molar-refractivity contribution < 1.29 is 0 Å². The lowest BCUT2D eigenvalue weighted by atomic mass is 9.77. The van der Waals surface area contributed by atoms with E-state index in [0.29, 0.717) is 12.0 Å². The second kappa shape index (κ2) is 5.16. The Morgan fingerprint density at radius 1 is 1.11 bits per heavy atom. The van der Waals surface area contributed by atoms with Crippen molar-refractivity contribution in [2.45, 2.75) is 52.0 Å². The average molecular weight is 258 g/mol. The summed E-state index contributed by atoms with van der Waals surface area (Å²) in [6.07, 6.45) is 8.61. The molecular weight excluding hydrogens is 232 g/mol. The number of piperidine rings is 1. The predicted molar refractivity (Wildman–Crippen MR) is 81.4 cm³/mol. The molecule has 1 aromatic rings. The van der Waals surface area contributed by atoms with E-state index >= 15 is 0 Å². The Bertz CT molecular complexity index is 437. The van der Waals surface area contributed by atoms with Crippen LogP contribution >= 0.6 is 0 Å². The minimum atomic E-state index is 0.651. The molecule has 104 valence electrons. The van der Waals surface area contributed by atoms with Crippen molar-refractivity contribution in [1.82, 2.24) is 0 Å². The van der Waals surface area contributed by atoms with Crippen LogP contribution in [0.5, 0.6) is 0 Å². The Hall–Kier alpha value is -1.02. The average Bonchev–Trinajstić information content (AvgIpc) is 2.88. The Kier molecular flexibility index (Phi) is 3.53. The second-order valence-electron chi connectivity index (χ2n) is 6.53. The Morgan fingerprint density at radius 2 is 1.79 bits per heavy atom. The van der Waals surface area contributed by atoms with Crippen molar-refractivity contribution in [2.24, 2.45) is 11.1 Å². The quantitative estimate of drug-likeness (QED) is 0.878. The van der Waals surface area contributed by atoms with Crippen LogP contribution in [0, 0.1) is 12.3 Å². The molecule has 0 amide bonds. The molecule has 3 rings (SSSR count). The third-order valence-electron chi connectivity index (χ3n) is 5.28. The second-order valence-corrected chi connectivity index (χ2v) is 6.53. The van der Waals surface area contributed by atoms with Gasteiger partial charge in [-0.25, -0.2) is 0 Å². The molecule has 0 atom stereocenters. The van der Waals surface area contributed by atoms with Gasteiger partial charge in [-0.2, -0.15) is 0 Å². The van der Waals surface area contributed by atoms with Gasteiger partial charge in [0.05, 0.1) is 0 Å². The third kappa shape index (κ3) is 2.51. The van der Waals surface area contributed by atoms with E-state index in [4.69, 9.17) is 5.73 Å². The molecule has 1 spiro atoms. The summed E-state index contributed by atoms with van der Waals surface area (Å²) < 4.78 is 0. The first kappa shape index (κ1) is 13.0. The first-order valence-electron chi connectivity index (χ1n) is 7.77. The van der Waals surface area contributed by atoms with Crippen molar-refractivity contribution in [3.05, 3.63) is 29.3 Å². The molecule has 2 nitrogen and oxygen atoms in total. The summed E-state index contributed by atoms with van der Waals surface area (Å²) in [6.45, 7) is 5.23. The molecule has 19 heavy (non-hydrogen) atoms. The molecule has 0 unspecified atom stereocenters. The zero-order valence-corrected chi connectivity index (χ0v) is 12.1. The number of benzene rings is 1. The van der Waals surface area contributed by atoms with Gasteiger partial charge in [0.15, 0.2) is 0 Å². The van der Waals surface area contributed by atoms with E-state index in [1.54, 1.807) is 0 Å². The lowest BCUT2D eigenvalue weighted by Crippen LogP contribution is -2.39. The number of hydrogen-bond donors (Lipinski definition) is 1. The molecule has 0 radical (unpaired) electrons. The van der Waals surface area contributed by atoms with Crippen molar-refractivity contribution >= 4 is 5.69 Å². The van der Waals surface area contributed by atoms with Crippen molar-refractivity contribution in [3.63, 3.8) is 0 Å². The zero-order valence-electron chi connectivity index (χ0n) is 12.1. The molecule has 2 heteroatoms. The summed E-state index contributed by atoms with van der Waals surface area (Å²) in [4.78, 5) is 2.56. The van der Waals surface area contributed by atoms with E-state index in [2.05, 4.69) is 30.0 Å². The highest BCUT2D eigenvalue weighted by Crippen LogP contribution is 2.46. The van der Waals surface area contributed by atoms with Gasteiger partial charge in [-0.1, -0.05) is 30.5 Å². The Morgan fingerprint density at radius 3 is 2.42 bits per heavy atom. The maximum absolute atomic E-state index is 5.92. The molecule has 2 N–H and O–H groups in total. The lowest BCUT2D eigenvalue weighted by Gasteiger charge is -2.41. The van der Waals surface area contributed by atoms with Gasteiger partial charge in [0.25, 0.3) is 0 Å². The highest BCUT2D eigenvalue weighted by molar-refractivity contribution is 5.55. The van der Waals surface area contributed by atoms with Crippen molar-refractivity contribution in [3.8, 4) is 0 Å². The molecule has 0 aromatic heterocycles. The molecule has 0 bridgehead atoms. The molecule has 2 fully saturated rings. The first-order valence-corrected chi connectivity index (χ1v) is 7.77. The molecule has 1 saturated heterocycles. The molecular formula is C17H26N2.